The summed E-state index contributed by atoms with van der Waals surface area (Å²) >= 11 is 0. The van der Waals surface area contributed by atoms with Crippen LogP contribution in [0, 0.1) is 5.92 Å². The number of likely N-dealkylation sites (tertiary alicyclic amines) is 1. The molecule has 0 bridgehead atoms. The molecule has 0 spiro atoms. The number of piperidine rings is 1. The third-order valence-electron chi connectivity index (χ3n) is 6.16. The molecule has 1 aromatic heterocycles. The molecule has 4 aromatic rings. The summed E-state index contributed by atoms with van der Waals surface area (Å²) in [7, 11) is 0. The highest BCUT2D eigenvalue weighted by atomic mass is 16.2. The molecule has 0 aliphatic carbocycles. The zero-order valence-electron chi connectivity index (χ0n) is 18.3. The fourth-order valence-corrected chi connectivity index (χ4v) is 4.35. The number of nitrogens with zero attached hydrogens (tertiary/aromatic N) is 2. The van der Waals surface area contributed by atoms with E-state index in [4.69, 9.17) is 0 Å². The summed E-state index contributed by atoms with van der Waals surface area (Å²) in [6.07, 6.45) is 2.00. The minimum absolute atomic E-state index is 0.0382. The van der Waals surface area contributed by atoms with Crippen molar-refractivity contribution in [1.82, 2.24) is 14.9 Å². The van der Waals surface area contributed by atoms with Crippen LogP contribution in [0.15, 0.2) is 78.9 Å². The van der Waals surface area contributed by atoms with E-state index < -0.39 is 0 Å². The maximum atomic E-state index is 12.9. The molecule has 2 N–H and O–H groups in total. The Morgan fingerprint density at radius 2 is 1.73 bits per heavy atom. The number of benzene rings is 3. The van der Waals surface area contributed by atoms with Crippen molar-refractivity contribution in [3.63, 3.8) is 0 Å². The Morgan fingerprint density at radius 3 is 2.52 bits per heavy atom. The lowest BCUT2D eigenvalue weighted by Gasteiger charge is -2.32. The van der Waals surface area contributed by atoms with Crippen molar-refractivity contribution in [1.29, 1.82) is 0 Å². The molecule has 0 radical (unpaired) electrons. The first-order valence-electron chi connectivity index (χ1n) is 11.3. The lowest BCUT2D eigenvalue weighted by atomic mass is 9.96. The fraction of sp³-hybridized carbons (Fsp3) is 0.222. The Labute approximate surface area is 192 Å². The molecular weight excluding hydrogens is 412 g/mol. The molecule has 1 fully saturated rings. The van der Waals surface area contributed by atoms with E-state index in [2.05, 4.69) is 15.3 Å². The number of anilines is 1. The van der Waals surface area contributed by atoms with Crippen LogP contribution in [0.1, 0.15) is 18.4 Å². The smallest absolute Gasteiger partial charge is 0.229 e. The van der Waals surface area contributed by atoms with E-state index in [1.54, 1.807) is 0 Å². The van der Waals surface area contributed by atoms with E-state index >= 15 is 0 Å². The first kappa shape index (κ1) is 20.9. The SMILES string of the molecule is O=C(Nc1ccc(-c2nc3ccccc3[nH]2)cc1)C1CCCN(C(=O)Cc2ccccc2)C1. The summed E-state index contributed by atoms with van der Waals surface area (Å²) in [5.74, 6) is 0.639. The Bertz CT molecular complexity index is 1230. The van der Waals surface area contributed by atoms with E-state index in [-0.39, 0.29) is 17.7 Å². The van der Waals surface area contributed by atoms with Gasteiger partial charge in [0.05, 0.1) is 23.4 Å². The van der Waals surface area contributed by atoms with Gasteiger partial charge in [0.25, 0.3) is 0 Å². The average molecular weight is 439 g/mol. The van der Waals surface area contributed by atoms with Crippen molar-refractivity contribution in [3.8, 4) is 11.4 Å². The van der Waals surface area contributed by atoms with E-state index in [9.17, 15) is 9.59 Å². The van der Waals surface area contributed by atoms with Gasteiger partial charge in [0, 0.05) is 24.3 Å². The van der Waals surface area contributed by atoms with Gasteiger partial charge in [-0.3, -0.25) is 9.59 Å². The van der Waals surface area contributed by atoms with Crippen molar-refractivity contribution in [3.05, 3.63) is 84.4 Å². The minimum Gasteiger partial charge on any atom is -0.342 e. The van der Waals surface area contributed by atoms with E-state index in [0.29, 0.717) is 19.5 Å². The molecule has 6 heteroatoms. The van der Waals surface area contributed by atoms with Crippen LogP contribution in [0.3, 0.4) is 0 Å². The number of hydrogen-bond acceptors (Lipinski definition) is 3. The number of hydrogen-bond donors (Lipinski definition) is 2. The second kappa shape index (κ2) is 9.28. The van der Waals surface area contributed by atoms with Crippen LogP contribution < -0.4 is 5.32 Å². The number of aromatic nitrogens is 2. The lowest BCUT2D eigenvalue weighted by Crippen LogP contribution is -2.44. The molecule has 1 unspecified atom stereocenters. The summed E-state index contributed by atoms with van der Waals surface area (Å²) in [5.41, 5.74) is 4.62. The number of carbonyl (C=O) groups excluding carboxylic acids is 2. The van der Waals surface area contributed by atoms with Gasteiger partial charge in [0.2, 0.25) is 11.8 Å². The number of fused-ring (bicyclic) bond motifs is 1. The van der Waals surface area contributed by atoms with Gasteiger partial charge in [-0.05, 0) is 54.8 Å². The van der Waals surface area contributed by atoms with Crippen LogP contribution >= 0.6 is 0 Å². The fourth-order valence-electron chi connectivity index (χ4n) is 4.35. The molecule has 1 aliphatic heterocycles. The highest BCUT2D eigenvalue weighted by molar-refractivity contribution is 5.93. The standard InChI is InChI=1S/C27H26N4O2/c32-25(17-19-7-2-1-3-8-19)31-16-6-9-21(18-31)27(33)28-22-14-12-20(13-15-22)26-29-23-10-4-5-11-24(23)30-26/h1-5,7-8,10-15,21H,6,9,16-18H2,(H,28,33)(H,29,30). The summed E-state index contributed by atoms with van der Waals surface area (Å²) in [6.45, 7) is 1.18. The van der Waals surface area contributed by atoms with Crippen LogP contribution in [0.25, 0.3) is 22.4 Å². The van der Waals surface area contributed by atoms with Crippen molar-refractivity contribution >= 4 is 28.5 Å². The Hall–Kier alpha value is -3.93. The quantitative estimate of drug-likeness (QED) is 0.476. The number of carbonyl (C=O) groups is 2. The van der Waals surface area contributed by atoms with Gasteiger partial charge in [0.15, 0.2) is 0 Å². The monoisotopic (exact) mass is 438 g/mol. The number of amides is 2. The number of rotatable bonds is 5. The first-order valence-corrected chi connectivity index (χ1v) is 11.3. The largest absolute Gasteiger partial charge is 0.342 e. The Balaban J connectivity index is 1.20. The second-order valence-electron chi connectivity index (χ2n) is 8.51. The summed E-state index contributed by atoms with van der Waals surface area (Å²) in [4.78, 5) is 35.4. The summed E-state index contributed by atoms with van der Waals surface area (Å²) in [6, 6.07) is 25.3. The van der Waals surface area contributed by atoms with Crippen LogP contribution in [-0.2, 0) is 16.0 Å². The Kier molecular flexibility index (Phi) is 5.89. The van der Waals surface area contributed by atoms with Crippen LogP contribution in [0.5, 0.6) is 0 Å². The molecule has 6 nitrogen and oxygen atoms in total. The number of aromatic amines is 1. The van der Waals surface area contributed by atoms with Gasteiger partial charge < -0.3 is 15.2 Å². The number of H-pyrrole nitrogens is 1. The second-order valence-corrected chi connectivity index (χ2v) is 8.51. The number of nitrogens with one attached hydrogen (secondary N) is 2. The van der Waals surface area contributed by atoms with Crippen molar-refractivity contribution in [2.24, 2.45) is 5.92 Å². The van der Waals surface area contributed by atoms with Gasteiger partial charge in [0.1, 0.15) is 5.82 Å². The van der Waals surface area contributed by atoms with E-state index in [1.807, 2.05) is 83.8 Å². The predicted molar refractivity (Wildman–Crippen MR) is 130 cm³/mol. The highest BCUT2D eigenvalue weighted by Gasteiger charge is 2.28. The molecule has 5 rings (SSSR count). The summed E-state index contributed by atoms with van der Waals surface area (Å²) in [5, 5.41) is 3.02. The first-order chi connectivity index (χ1) is 16.2. The van der Waals surface area contributed by atoms with Crippen molar-refractivity contribution < 1.29 is 9.59 Å². The lowest BCUT2D eigenvalue weighted by molar-refractivity contribution is -0.133. The average Bonchev–Trinajstić information content (AvgIpc) is 3.29. The van der Waals surface area contributed by atoms with Gasteiger partial charge in [-0.25, -0.2) is 4.98 Å². The number of imidazole rings is 1. The maximum absolute atomic E-state index is 12.9. The molecule has 1 atom stereocenters. The molecular formula is C27H26N4O2. The van der Waals surface area contributed by atoms with Crippen molar-refractivity contribution in [2.45, 2.75) is 19.3 Å². The molecule has 1 aliphatic rings. The van der Waals surface area contributed by atoms with Crippen molar-refractivity contribution in [2.75, 3.05) is 18.4 Å². The molecule has 2 heterocycles. The van der Waals surface area contributed by atoms with Gasteiger partial charge >= 0.3 is 0 Å². The molecule has 2 amide bonds. The molecule has 3 aromatic carbocycles. The molecule has 0 saturated carbocycles. The normalized spacial score (nSPS) is 16.0. The third-order valence-corrected chi connectivity index (χ3v) is 6.16. The van der Waals surface area contributed by atoms with Crippen LogP contribution in [0.2, 0.25) is 0 Å². The molecule has 1 saturated heterocycles. The zero-order valence-corrected chi connectivity index (χ0v) is 18.3. The maximum Gasteiger partial charge on any atom is 0.229 e. The third kappa shape index (κ3) is 4.80. The zero-order chi connectivity index (χ0) is 22.6. The highest BCUT2D eigenvalue weighted by Crippen LogP contribution is 2.24. The van der Waals surface area contributed by atoms with Crippen LogP contribution in [-0.4, -0.2) is 39.8 Å². The topological polar surface area (TPSA) is 78.1 Å². The van der Waals surface area contributed by atoms with Gasteiger partial charge in [-0.2, -0.15) is 0 Å². The Morgan fingerprint density at radius 1 is 0.970 bits per heavy atom. The molecule has 33 heavy (non-hydrogen) atoms. The van der Waals surface area contributed by atoms with E-state index in [0.717, 1.165) is 46.5 Å². The predicted octanol–water partition coefficient (Wildman–Crippen LogP) is 4.65. The number of para-hydroxylation sites is 2. The minimum atomic E-state index is -0.200. The van der Waals surface area contributed by atoms with E-state index in [1.165, 1.54) is 0 Å². The summed E-state index contributed by atoms with van der Waals surface area (Å²) < 4.78 is 0. The van der Waals surface area contributed by atoms with Gasteiger partial charge in [-0.1, -0.05) is 42.5 Å². The van der Waals surface area contributed by atoms with Gasteiger partial charge in [-0.15, -0.1) is 0 Å². The van der Waals surface area contributed by atoms with Crippen LogP contribution in [0.4, 0.5) is 5.69 Å². The molecule has 166 valence electrons.